The lowest BCUT2D eigenvalue weighted by Gasteiger charge is -2.29. The molecule has 0 aromatic carbocycles. The Morgan fingerprint density at radius 2 is 2.36 bits per heavy atom. The number of halogens is 1. The highest BCUT2D eigenvalue weighted by atomic mass is 79.9. The van der Waals surface area contributed by atoms with Gasteiger partial charge in [0.25, 0.3) is 0 Å². The fraction of sp³-hybridized carbons (Fsp3) is 0.778. The first-order valence-electron chi connectivity index (χ1n) is 4.82. The van der Waals surface area contributed by atoms with Gasteiger partial charge in [0.05, 0.1) is 4.83 Å². The van der Waals surface area contributed by atoms with Crippen LogP contribution >= 0.6 is 15.9 Å². The first-order valence-corrected chi connectivity index (χ1v) is 5.74. The van der Waals surface area contributed by atoms with Crippen LogP contribution < -0.4 is 5.73 Å². The number of alkyl halides is 1. The van der Waals surface area contributed by atoms with Crippen molar-refractivity contribution in [3.63, 3.8) is 0 Å². The number of nitrogens with zero attached hydrogens (tertiary/aromatic N) is 1. The van der Waals surface area contributed by atoms with Crippen LogP contribution in [0.5, 0.6) is 0 Å². The lowest BCUT2D eigenvalue weighted by Crippen LogP contribution is -2.42. The van der Waals surface area contributed by atoms with Crippen LogP contribution in [0.15, 0.2) is 0 Å². The molecule has 2 amide bonds. The molecule has 0 spiro atoms. The van der Waals surface area contributed by atoms with E-state index < -0.39 is 0 Å². The summed E-state index contributed by atoms with van der Waals surface area (Å²) in [5.41, 5.74) is 5.02. The smallest absolute Gasteiger partial charge is 0.236 e. The van der Waals surface area contributed by atoms with Crippen LogP contribution in [-0.4, -0.2) is 34.6 Å². The van der Waals surface area contributed by atoms with Crippen molar-refractivity contribution in [2.45, 2.75) is 30.5 Å². The summed E-state index contributed by atoms with van der Waals surface area (Å²) in [4.78, 5) is 23.8. The Bertz CT molecular complexity index is 233. The highest BCUT2D eigenvalue weighted by Gasteiger charge is 2.25. The van der Waals surface area contributed by atoms with Gasteiger partial charge in [0.1, 0.15) is 0 Å². The van der Waals surface area contributed by atoms with E-state index in [4.69, 9.17) is 5.73 Å². The van der Waals surface area contributed by atoms with Crippen LogP contribution in [0, 0.1) is 0 Å². The minimum Gasteiger partial charge on any atom is -0.370 e. The maximum absolute atomic E-state index is 11.6. The molecule has 0 saturated carbocycles. The standard InChI is InChI=1S/C9H15BrN2O2/c10-7-3-1-5-12(9(7)14)6-2-4-8(11)13/h7H,1-6H2,(H2,11,13). The molecule has 1 unspecified atom stereocenters. The highest BCUT2D eigenvalue weighted by Crippen LogP contribution is 2.18. The third-order valence-corrected chi connectivity index (χ3v) is 3.17. The summed E-state index contributed by atoms with van der Waals surface area (Å²) in [5.74, 6) is -0.162. The van der Waals surface area contributed by atoms with Gasteiger partial charge in [0.15, 0.2) is 0 Å². The van der Waals surface area contributed by atoms with Crippen LogP contribution in [-0.2, 0) is 9.59 Å². The number of piperidine rings is 1. The van der Waals surface area contributed by atoms with Crippen LogP contribution in [0.2, 0.25) is 0 Å². The second kappa shape index (κ2) is 5.34. The van der Waals surface area contributed by atoms with Gasteiger partial charge in [-0.3, -0.25) is 9.59 Å². The Morgan fingerprint density at radius 1 is 1.64 bits per heavy atom. The second-order valence-corrected chi connectivity index (χ2v) is 4.61. The first kappa shape index (κ1) is 11.5. The zero-order chi connectivity index (χ0) is 10.6. The number of primary amides is 1. The summed E-state index contributed by atoms with van der Waals surface area (Å²) in [5, 5.41) is 0. The van der Waals surface area contributed by atoms with Crippen molar-refractivity contribution in [3.8, 4) is 0 Å². The van der Waals surface area contributed by atoms with Crippen molar-refractivity contribution in [3.05, 3.63) is 0 Å². The molecule has 5 heteroatoms. The zero-order valence-corrected chi connectivity index (χ0v) is 9.63. The van der Waals surface area contributed by atoms with Crippen molar-refractivity contribution in [1.29, 1.82) is 0 Å². The van der Waals surface area contributed by atoms with Gasteiger partial charge >= 0.3 is 0 Å². The van der Waals surface area contributed by atoms with E-state index in [1.54, 1.807) is 4.90 Å². The Kier molecular flexibility index (Phi) is 4.38. The van der Waals surface area contributed by atoms with Gasteiger partial charge in [-0.05, 0) is 19.3 Å². The van der Waals surface area contributed by atoms with E-state index >= 15 is 0 Å². The van der Waals surface area contributed by atoms with Crippen molar-refractivity contribution in [1.82, 2.24) is 4.90 Å². The lowest BCUT2D eigenvalue weighted by molar-refractivity contribution is -0.132. The topological polar surface area (TPSA) is 63.4 Å². The predicted molar refractivity (Wildman–Crippen MR) is 57.0 cm³/mol. The van der Waals surface area contributed by atoms with E-state index in [1.807, 2.05) is 0 Å². The molecule has 1 aliphatic heterocycles. The van der Waals surface area contributed by atoms with E-state index in [0.717, 1.165) is 19.4 Å². The molecule has 1 rings (SSSR count). The fourth-order valence-electron chi connectivity index (χ4n) is 1.56. The third-order valence-electron chi connectivity index (χ3n) is 2.32. The Balaban J connectivity index is 2.29. The van der Waals surface area contributed by atoms with Crippen molar-refractivity contribution >= 4 is 27.7 Å². The average Bonchev–Trinajstić information content (AvgIpc) is 2.12. The summed E-state index contributed by atoms with van der Waals surface area (Å²) in [6.45, 7) is 1.45. The van der Waals surface area contributed by atoms with Gasteiger partial charge in [0.2, 0.25) is 11.8 Å². The largest absolute Gasteiger partial charge is 0.370 e. The molecule has 0 aromatic rings. The summed E-state index contributed by atoms with van der Waals surface area (Å²) in [7, 11) is 0. The molecular formula is C9H15BrN2O2. The molecule has 1 fully saturated rings. The molecule has 14 heavy (non-hydrogen) atoms. The Morgan fingerprint density at radius 3 is 3.00 bits per heavy atom. The van der Waals surface area contributed by atoms with E-state index in [1.165, 1.54) is 0 Å². The molecule has 1 saturated heterocycles. The number of amides is 2. The summed E-state index contributed by atoms with van der Waals surface area (Å²) >= 11 is 3.33. The highest BCUT2D eigenvalue weighted by molar-refractivity contribution is 9.10. The number of likely N-dealkylation sites (tertiary alicyclic amines) is 1. The van der Waals surface area contributed by atoms with Crippen LogP contribution in [0.4, 0.5) is 0 Å². The molecule has 0 bridgehead atoms. The number of hydrogen-bond acceptors (Lipinski definition) is 2. The quantitative estimate of drug-likeness (QED) is 0.756. The normalized spacial score (nSPS) is 22.5. The molecule has 80 valence electrons. The molecular weight excluding hydrogens is 248 g/mol. The monoisotopic (exact) mass is 262 g/mol. The number of hydrogen-bond donors (Lipinski definition) is 1. The molecule has 0 aromatic heterocycles. The van der Waals surface area contributed by atoms with Crippen LogP contribution in [0.1, 0.15) is 25.7 Å². The van der Waals surface area contributed by atoms with Gasteiger partial charge in [-0.1, -0.05) is 15.9 Å². The number of carbonyl (C=O) groups is 2. The number of nitrogens with two attached hydrogens (primary N) is 1. The third kappa shape index (κ3) is 3.29. The van der Waals surface area contributed by atoms with Crippen molar-refractivity contribution in [2.24, 2.45) is 5.73 Å². The minimum absolute atomic E-state index is 0.0372. The summed E-state index contributed by atoms with van der Waals surface area (Å²) in [6.07, 6.45) is 2.96. The number of rotatable bonds is 4. The van der Waals surface area contributed by atoms with E-state index in [0.29, 0.717) is 19.4 Å². The lowest BCUT2D eigenvalue weighted by atomic mass is 10.1. The molecule has 0 radical (unpaired) electrons. The minimum atomic E-state index is -0.301. The van der Waals surface area contributed by atoms with E-state index in [2.05, 4.69) is 15.9 Å². The SMILES string of the molecule is NC(=O)CCCN1CCCC(Br)C1=O. The van der Waals surface area contributed by atoms with E-state index in [-0.39, 0.29) is 16.6 Å². The predicted octanol–water partition coefficient (Wildman–Crippen LogP) is 0.638. The van der Waals surface area contributed by atoms with Gasteiger partial charge < -0.3 is 10.6 Å². The molecule has 0 aliphatic carbocycles. The van der Waals surface area contributed by atoms with Crippen LogP contribution in [0.3, 0.4) is 0 Å². The Hall–Kier alpha value is -0.580. The zero-order valence-electron chi connectivity index (χ0n) is 8.04. The fourth-order valence-corrected chi connectivity index (χ4v) is 2.17. The number of carbonyl (C=O) groups excluding carboxylic acids is 2. The van der Waals surface area contributed by atoms with E-state index in [9.17, 15) is 9.59 Å². The maximum Gasteiger partial charge on any atom is 0.236 e. The molecule has 4 nitrogen and oxygen atoms in total. The molecule has 1 atom stereocenters. The van der Waals surface area contributed by atoms with Crippen molar-refractivity contribution in [2.75, 3.05) is 13.1 Å². The van der Waals surface area contributed by atoms with Crippen LogP contribution in [0.25, 0.3) is 0 Å². The summed E-state index contributed by atoms with van der Waals surface area (Å²) in [6, 6.07) is 0. The first-order chi connectivity index (χ1) is 6.61. The van der Waals surface area contributed by atoms with Gasteiger partial charge in [-0.2, -0.15) is 0 Å². The van der Waals surface area contributed by atoms with Gasteiger partial charge in [-0.15, -0.1) is 0 Å². The molecule has 2 N–H and O–H groups in total. The van der Waals surface area contributed by atoms with Crippen molar-refractivity contribution < 1.29 is 9.59 Å². The van der Waals surface area contributed by atoms with Gasteiger partial charge in [0, 0.05) is 19.5 Å². The average molecular weight is 263 g/mol. The maximum atomic E-state index is 11.6. The second-order valence-electron chi connectivity index (χ2n) is 3.50. The summed E-state index contributed by atoms with van der Waals surface area (Å²) < 4.78 is 0. The molecule has 1 heterocycles. The Labute approximate surface area is 91.9 Å². The molecule has 1 aliphatic rings. The van der Waals surface area contributed by atoms with Gasteiger partial charge in [-0.25, -0.2) is 0 Å².